The smallest absolute Gasteiger partial charge is 0.265 e. The maximum atomic E-state index is 12.6. The molecule has 1 N–H and O–H groups in total. The van der Waals surface area contributed by atoms with Crippen molar-refractivity contribution >= 4 is 21.6 Å². The predicted octanol–water partition coefficient (Wildman–Crippen LogP) is 1.99. The highest BCUT2D eigenvalue weighted by atomic mass is 32.2. The van der Waals surface area contributed by atoms with Crippen LogP contribution in [0.4, 0.5) is 5.69 Å². The van der Waals surface area contributed by atoms with Crippen molar-refractivity contribution in [1.82, 2.24) is 4.31 Å². The molecule has 2 aromatic rings. The molecule has 29 heavy (non-hydrogen) atoms. The molecule has 0 aliphatic carbocycles. The first-order chi connectivity index (χ1) is 13.9. The summed E-state index contributed by atoms with van der Waals surface area (Å²) in [7, 11) is -3.58. The Bertz CT molecular complexity index is 1010. The molecule has 9 heteroatoms. The first-order valence-electron chi connectivity index (χ1n) is 9.06. The number of nitrogens with one attached hydrogen (secondary N) is 1. The van der Waals surface area contributed by atoms with Gasteiger partial charge in [0.25, 0.3) is 5.91 Å². The molecule has 1 heterocycles. The number of carbonyl (C=O) groups excluding carboxylic acids is 1. The molecule has 1 aliphatic rings. The summed E-state index contributed by atoms with van der Waals surface area (Å²) < 4.78 is 37.4. The van der Waals surface area contributed by atoms with E-state index in [1.54, 1.807) is 31.2 Å². The molecule has 1 atom stereocenters. The zero-order chi connectivity index (χ0) is 20.9. The second-order valence-electron chi connectivity index (χ2n) is 6.43. The van der Waals surface area contributed by atoms with E-state index in [-0.39, 0.29) is 4.90 Å². The Hall–Kier alpha value is -2.93. The Morgan fingerprint density at radius 1 is 1.21 bits per heavy atom. The molecule has 8 nitrogen and oxygen atoms in total. The van der Waals surface area contributed by atoms with E-state index in [4.69, 9.17) is 14.7 Å². The Morgan fingerprint density at radius 2 is 1.90 bits per heavy atom. The van der Waals surface area contributed by atoms with Crippen molar-refractivity contribution in [3.05, 3.63) is 54.1 Å². The van der Waals surface area contributed by atoms with Crippen LogP contribution < -0.4 is 10.1 Å². The zero-order valence-electron chi connectivity index (χ0n) is 15.9. The fraction of sp³-hybridized carbons (Fsp3) is 0.300. The first-order valence-corrected chi connectivity index (χ1v) is 10.5. The number of hydrogen-bond donors (Lipinski definition) is 1. The SMILES string of the molecule is CC(Oc1cccc(C#N)c1)C(=O)Nc1ccc(S(=O)(=O)N2CCOCC2)cc1. The molecule has 0 bridgehead atoms. The zero-order valence-corrected chi connectivity index (χ0v) is 16.7. The van der Waals surface area contributed by atoms with E-state index in [1.165, 1.54) is 28.6 Å². The lowest BCUT2D eigenvalue weighted by atomic mass is 10.2. The number of anilines is 1. The molecule has 0 aromatic heterocycles. The van der Waals surface area contributed by atoms with Gasteiger partial charge in [-0.05, 0) is 49.4 Å². The van der Waals surface area contributed by atoms with Crippen LogP contribution in [0.2, 0.25) is 0 Å². The van der Waals surface area contributed by atoms with Crippen molar-refractivity contribution in [3.63, 3.8) is 0 Å². The fourth-order valence-electron chi connectivity index (χ4n) is 2.79. The van der Waals surface area contributed by atoms with Crippen molar-refractivity contribution in [2.45, 2.75) is 17.9 Å². The summed E-state index contributed by atoms with van der Waals surface area (Å²) >= 11 is 0. The summed E-state index contributed by atoms with van der Waals surface area (Å²) in [5.74, 6) is 0.0230. The van der Waals surface area contributed by atoms with Gasteiger partial charge in [-0.1, -0.05) is 6.07 Å². The van der Waals surface area contributed by atoms with Gasteiger partial charge in [0.05, 0.1) is 29.7 Å². The number of morpholine rings is 1. The molecule has 152 valence electrons. The van der Waals surface area contributed by atoms with E-state index >= 15 is 0 Å². The van der Waals surface area contributed by atoms with Gasteiger partial charge < -0.3 is 14.8 Å². The van der Waals surface area contributed by atoms with Crippen LogP contribution in [-0.2, 0) is 19.6 Å². The minimum absolute atomic E-state index is 0.162. The van der Waals surface area contributed by atoms with Gasteiger partial charge in [-0.25, -0.2) is 8.42 Å². The standard InChI is InChI=1S/C20H21N3O5S/c1-15(28-18-4-2-3-16(13-18)14-21)20(24)22-17-5-7-19(8-6-17)29(25,26)23-9-11-27-12-10-23/h2-8,13,15H,9-12H2,1H3,(H,22,24). The van der Waals surface area contributed by atoms with E-state index in [9.17, 15) is 13.2 Å². The lowest BCUT2D eigenvalue weighted by molar-refractivity contribution is -0.122. The molecule has 3 rings (SSSR count). The van der Waals surface area contributed by atoms with Crippen molar-refractivity contribution < 1.29 is 22.7 Å². The van der Waals surface area contributed by atoms with Gasteiger partial charge in [-0.3, -0.25) is 4.79 Å². The molecule has 0 spiro atoms. The number of ether oxygens (including phenoxy) is 2. The average molecular weight is 415 g/mol. The number of benzene rings is 2. The van der Waals surface area contributed by atoms with Crippen molar-refractivity contribution in [2.24, 2.45) is 0 Å². The molecule has 1 aliphatic heterocycles. The number of sulfonamides is 1. The van der Waals surface area contributed by atoms with E-state index in [2.05, 4.69) is 5.32 Å². The number of rotatable bonds is 6. The highest BCUT2D eigenvalue weighted by Gasteiger charge is 2.26. The van der Waals surface area contributed by atoms with Gasteiger partial charge in [0.15, 0.2) is 6.10 Å². The van der Waals surface area contributed by atoms with Crippen LogP contribution in [0.3, 0.4) is 0 Å². The van der Waals surface area contributed by atoms with Gasteiger partial charge >= 0.3 is 0 Å². The molecule has 1 fully saturated rings. The lowest BCUT2D eigenvalue weighted by Crippen LogP contribution is -2.40. The average Bonchev–Trinajstić information content (AvgIpc) is 2.75. The van der Waals surface area contributed by atoms with Crippen LogP contribution in [0, 0.1) is 11.3 Å². The van der Waals surface area contributed by atoms with Crippen LogP contribution in [0.1, 0.15) is 12.5 Å². The van der Waals surface area contributed by atoms with Crippen LogP contribution in [0.5, 0.6) is 5.75 Å². The number of hydrogen-bond acceptors (Lipinski definition) is 6. The summed E-state index contributed by atoms with van der Waals surface area (Å²) in [6.07, 6.45) is -0.805. The molecule has 2 aromatic carbocycles. The first kappa shape index (κ1) is 20.8. The second kappa shape index (κ2) is 9.05. The van der Waals surface area contributed by atoms with Gasteiger partial charge in [0.2, 0.25) is 10.0 Å². The van der Waals surface area contributed by atoms with Crippen LogP contribution >= 0.6 is 0 Å². The van der Waals surface area contributed by atoms with Gasteiger partial charge in [0, 0.05) is 18.8 Å². The monoisotopic (exact) mass is 415 g/mol. The molecular formula is C20H21N3O5S. The highest BCUT2D eigenvalue weighted by molar-refractivity contribution is 7.89. The molecule has 0 saturated carbocycles. The third kappa shape index (κ3) is 5.12. The topological polar surface area (TPSA) is 109 Å². The summed E-state index contributed by atoms with van der Waals surface area (Å²) in [6, 6.07) is 14.5. The Balaban J connectivity index is 1.62. The second-order valence-corrected chi connectivity index (χ2v) is 8.37. The predicted molar refractivity (Wildman–Crippen MR) is 106 cm³/mol. The Labute approximate surface area is 169 Å². The van der Waals surface area contributed by atoms with Gasteiger partial charge in [0.1, 0.15) is 5.75 Å². The quantitative estimate of drug-likeness (QED) is 0.773. The maximum Gasteiger partial charge on any atom is 0.265 e. The summed E-state index contributed by atoms with van der Waals surface area (Å²) in [4.78, 5) is 12.5. The van der Waals surface area contributed by atoms with Crippen molar-refractivity contribution in [3.8, 4) is 11.8 Å². The van der Waals surface area contributed by atoms with Crippen LogP contribution in [0.25, 0.3) is 0 Å². The van der Waals surface area contributed by atoms with E-state index in [0.717, 1.165) is 0 Å². The molecule has 0 radical (unpaired) electrons. The third-order valence-electron chi connectivity index (χ3n) is 4.37. The number of nitriles is 1. The molecule has 1 amide bonds. The highest BCUT2D eigenvalue weighted by Crippen LogP contribution is 2.20. The maximum absolute atomic E-state index is 12.6. The van der Waals surface area contributed by atoms with Crippen LogP contribution in [0.15, 0.2) is 53.4 Å². The van der Waals surface area contributed by atoms with E-state index in [0.29, 0.717) is 43.3 Å². The summed E-state index contributed by atoms with van der Waals surface area (Å²) in [5.41, 5.74) is 0.893. The number of carbonyl (C=O) groups is 1. The lowest BCUT2D eigenvalue weighted by Gasteiger charge is -2.26. The van der Waals surface area contributed by atoms with Crippen LogP contribution in [-0.4, -0.2) is 51.0 Å². The molecule has 1 saturated heterocycles. The fourth-order valence-corrected chi connectivity index (χ4v) is 4.19. The number of nitrogens with zero attached hydrogens (tertiary/aromatic N) is 2. The molecular weight excluding hydrogens is 394 g/mol. The minimum Gasteiger partial charge on any atom is -0.481 e. The van der Waals surface area contributed by atoms with Crippen molar-refractivity contribution in [2.75, 3.05) is 31.6 Å². The summed E-state index contributed by atoms with van der Waals surface area (Å²) in [5, 5.41) is 11.6. The third-order valence-corrected chi connectivity index (χ3v) is 6.29. The van der Waals surface area contributed by atoms with E-state index in [1.807, 2.05) is 6.07 Å². The Kier molecular flexibility index (Phi) is 6.49. The number of amides is 1. The van der Waals surface area contributed by atoms with Gasteiger partial charge in [-0.15, -0.1) is 0 Å². The van der Waals surface area contributed by atoms with Gasteiger partial charge in [-0.2, -0.15) is 9.57 Å². The minimum atomic E-state index is -3.58. The Morgan fingerprint density at radius 3 is 2.55 bits per heavy atom. The normalized spacial score (nSPS) is 15.9. The van der Waals surface area contributed by atoms with E-state index < -0.39 is 22.0 Å². The summed E-state index contributed by atoms with van der Waals surface area (Å²) in [6.45, 7) is 2.99. The van der Waals surface area contributed by atoms with Crippen molar-refractivity contribution in [1.29, 1.82) is 5.26 Å². The largest absolute Gasteiger partial charge is 0.481 e. The molecule has 1 unspecified atom stereocenters.